The van der Waals surface area contributed by atoms with E-state index in [4.69, 9.17) is 11.6 Å². The number of nitrogens with one attached hydrogen (secondary N) is 1. The first-order chi connectivity index (χ1) is 8.28. The van der Waals surface area contributed by atoms with Gasteiger partial charge in [-0.1, -0.05) is 18.2 Å². The first kappa shape index (κ1) is 12.2. The Morgan fingerprint density at radius 2 is 2.06 bits per heavy atom. The number of alkyl halides is 1. The van der Waals surface area contributed by atoms with Crippen molar-refractivity contribution in [3.8, 4) is 0 Å². The zero-order chi connectivity index (χ0) is 12.1. The molecule has 88 valence electrons. The Morgan fingerprint density at radius 1 is 1.29 bits per heavy atom. The van der Waals surface area contributed by atoms with Gasteiger partial charge in [0.2, 0.25) is 0 Å². The second kappa shape index (κ2) is 5.89. The van der Waals surface area contributed by atoms with Gasteiger partial charge >= 0.3 is 0 Å². The summed E-state index contributed by atoms with van der Waals surface area (Å²) >= 11 is 7.29. The van der Waals surface area contributed by atoms with E-state index in [-0.39, 0.29) is 11.4 Å². The molecule has 0 aliphatic rings. The summed E-state index contributed by atoms with van der Waals surface area (Å²) in [5.74, 6) is 1.54. The Balaban J connectivity index is 2.09. The van der Waals surface area contributed by atoms with Crippen LogP contribution in [0.1, 0.15) is 11.5 Å². The lowest BCUT2D eigenvalue weighted by Crippen LogP contribution is -2.11. The molecule has 5 heteroatoms. The molecule has 0 atom stereocenters. The molecule has 0 saturated heterocycles. The zero-order valence-electron chi connectivity index (χ0n) is 9.02. The third kappa shape index (κ3) is 3.61. The largest absolute Gasteiger partial charge is 0.310 e. The SMILES string of the molecule is O=c1cc(CCl)nc(CSc2ccccc2)[nH]1. The number of benzene rings is 1. The average Bonchev–Trinajstić information content (AvgIpc) is 2.37. The lowest BCUT2D eigenvalue weighted by molar-refractivity contribution is 0.959. The Hall–Kier alpha value is -1.26. The molecule has 0 aliphatic heterocycles. The van der Waals surface area contributed by atoms with E-state index in [1.54, 1.807) is 11.8 Å². The highest BCUT2D eigenvalue weighted by molar-refractivity contribution is 7.98. The molecule has 1 heterocycles. The number of thioether (sulfide) groups is 1. The quantitative estimate of drug-likeness (QED) is 0.684. The highest BCUT2D eigenvalue weighted by Gasteiger charge is 2.01. The molecule has 17 heavy (non-hydrogen) atoms. The van der Waals surface area contributed by atoms with Gasteiger partial charge in [-0.25, -0.2) is 4.98 Å². The topological polar surface area (TPSA) is 45.8 Å². The number of rotatable bonds is 4. The van der Waals surface area contributed by atoms with E-state index in [1.807, 2.05) is 30.3 Å². The molecule has 0 bridgehead atoms. The summed E-state index contributed by atoms with van der Waals surface area (Å²) < 4.78 is 0. The molecule has 2 rings (SSSR count). The summed E-state index contributed by atoms with van der Waals surface area (Å²) in [5.41, 5.74) is 0.457. The molecular formula is C12H11ClN2OS. The van der Waals surface area contributed by atoms with Gasteiger partial charge in [-0.2, -0.15) is 0 Å². The van der Waals surface area contributed by atoms with Gasteiger partial charge in [0, 0.05) is 11.0 Å². The first-order valence-corrected chi connectivity index (χ1v) is 6.63. The van der Waals surface area contributed by atoms with E-state index in [0.717, 1.165) is 4.90 Å². The van der Waals surface area contributed by atoms with Crippen LogP contribution in [0.2, 0.25) is 0 Å². The van der Waals surface area contributed by atoms with Crippen LogP contribution in [-0.4, -0.2) is 9.97 Å². The molecule has 1 aromatic carbocycles. The van der Waals surface area contributed by atoms with Gasteiger partial charge in [0.05, 0.1) is 17.3 Å². The van der Waals surface area contributed by atoms with Crippen LogP contribution < -0.4 is 5.56 Å². The first-order valence-electron chi connectivity index (χ1n) is 5.11. The predicted octanol–water partition coefficient (Wildman–Crippen LogP) is 2.80. The van der Waals surface area contributed by atoms with Crippen LogP contribution in [0.25, 0.3) is 0 Å². The van der Waals surface area contributed by atoms with Crippen LogP contribution in [-0.2, 0) is 11.6 Å². The van der Waals surface area contributed by atoms with Crippen molar-refractivity contribution in [2.45, 2.75) is 16.5 Å². The van der Waals surface area contributed by atoms with Gasteiger partial charge in [0.15, 0.2) is 0 Å². The Labute approximate surface area is 108 Å². The maximum Gasteiger partial charge on any atom is 0.251 e. The second-order valence-corrected chi connectivity index (χ2v) is 4.73. The molecule has 0 fully saturated rings. The molecule has 0 saturated carbocycles. The number of aromatic nitrogens is 2. The van der Waals surface area contributed by atoms with Crippen molar-refractivity contribution in [3.05, 3.63) is 58.3 Å². The molecule has 1 aromatic heterocycles. The highest BCUT2D eigenvalue weighted by atomic mass is 35.5. The van der Waals surface area contributed by atoms with E-state index in [2.05, 4.69) is 9.97 Å². The van der Waals surface area contributed by atoms with E-state index in [0.29, 0.717) is 17.3 Å². The minimum absolute atomic E-state index is 0.153. The molecule has 0 aliphatic carbocycles. The van der Waals surface area contributed by atoms with Gasteiger partial charge in [-0.3, -0.25) is 4.79 Å². The van der Waals surface area contributed by atoms with Gasteiger partial charge in [0.25, 0.3) is 5.56 Å². The highest BCUT2D eigenvalue weighted by Crippen LogP contribution is 2.20. The molecule has 3 nitrogen and oxygen atoms in total. The summed E-state index contributed by atoms with van der Waals surface area (Å²) in [7, 11) is 0. The molecule has 1 N–H and O–H groups in total. The van der Waals surface area contributed by atoms with Gasteiger partial charge in [-0.15, -0.1) is 23.4 Å². The molecule has 2 aromatic rings. The number of nitrogens with zero attached hydrogens (tertiary/aromatic N) is 1. The maximum absolute atomic E-state index is 11.3. The van der Waals surface area contributed by atoms with Gasteiger partial charge in [0.1, 0.15) is 5.82 Å². The van der Waals surface area contributed by atoms with Crippen molar-refractivity contribution >= 4 is 23.4 Å². The zero-order valence-corrected chi connectivity index (χ0v) is 10.6. The van der Waals surface area contributed by atoms with Crippen LogP contribution in [0.15, 0.2) is 46.1 Å². The maximum atomic E-state index is 11.3. The average molecular weight is 267 g/mol. The lowest BCUT2D eigenvalue weighted by atomic mass is 10.4. The molecule has 0 radical (unpaired) electrons. The smallest absolute Gasteiger partial charge is 0.251 e. The Bertz CT molecular complexity index is 542. The van der Waals surface area contributed by atoms with Crippen LogP contribution in [0.4, 0.5) is 0 Å². The number of aromatic amines is 1. The minimum Gasteiger partial charge on any atom is -0.310 e. The van der Waals surface area contributed by atoms with Crippen molar-refractivity contribution in [2.75, 3.05) is 0 Å². The summed E-state index contributed by atoms with van der Waals surface area (Å²) in [6, 6.07) is 11.4. The standard InChI is InChI=1S/C12H11ClN2OS/c13-7-9-6-12(16)15-11(14-9)8-17-10-4-2-1-3-5-10/h1-6H,7-8H2,(H,14,15,16). The third-order valence-corrected chi connectivity index (χ3v) is 3.40. The van der Waals surface area contributed by atoms with Crippen molar-refractivity contribution < 1.29 is 0 Å². The van der Waals surface area contributed by atoms with Crippen molar-refractivity contribution in [3.63, 3.8) is 0 Å². The Kier molecular flexibility index (Phi) is 4.23. The minimum atomic E-state index is -0.153. The number of hydrogen-bond acceptors (Lipinski definition) is 3. The van der Waals surface area contributed by atoms with Crippen LogP contribution in [0.5, 0.6) is 0 Å². The van der Waals surface area contributed by atoms with Crippen LogP contribution in [0, 0.1) is 0 Å². The number of H-pyrrole nitrogens is 1. The van der Waals surface area contributed by atoms with E-state index < -0.39 is 0 Å². The van der Waals surface area contributed by atoms with E-state index in [1.165, 1.54) is 6.07 Å². The van der Waals surface area contributed by atoms with Crippen LogP contribution >= 0.6 is 23.4 Å². The predicted molar refractivity (Wildman–Crippen MR) is 70.4 cm³/mol. The van der Waals surface area contributed by atoms with E-state index >= 15 is 0 Å². The van der Waals surface area contributed by atoms with Gasteiger partial charge in [-0.05, 0) is 12.1 Å². The Morgan fingerprint density at radius 3 is 2.76 bits per heavy atom. The second-order valence-electron chi connectivity index (χ2n) is 3.42. The third-order valence-electron chi connectivity index (χ3n) is 2.10. The lowest BCUT2D eigenvalue weighted by Gasteiger charge is -2.02. The number of hydrogen-bond donors (Lipinski definition) is 1. The van der Waals surface area contributed by atoms with E-state index in [9.17, 15) is 4.79 Å². The normalized spacial score (nSPS) is 10.4. The monoisotopic (exact) mass is 266 g/mol. The van der Waals surface area contributed by atoms with Gasteiger partial charge < -0.3 is 4.98 Å². The summed E-state index contributed by atoms with van der Waals surface area (Å²) in [5, 5.41) is 0. The van der Waals surface area contributed by atoms with Crippen molar-refractivity contribution in [1.29, 1.82) is 0 Å². The summed E-state index contributed by atoms with van der Waals surface area (Å²) in [6.45, 7) is 0. The molecule has 0 amide bonds. The molecule has 0 unspecified atom stereocenters. The summed E-state index contributed by atoms with van der Waals surface area (Å²) in [6.07, 6.45) is 0. The fourth-order valence-corrected chi connectivity index (χ4v) is 2.30. The van der Waals surface area contributed by atoms with Crippen molar-refractivity contribution in [2.24, 2.45) is 0 Å². The van der Waals surface area contributed by atoms with Crippen LogP contribution in [0.3, 0.4) is 0 Å². The summed E-state index contributed by atoms with van der Waals surface area (Å²) in [4.78, 5) is 19.4. The molecule has 0 spiro atoms. The number of halogens is 1. The molecular weight excluding hydrogens is 256 g/mol. The fourth-order valence-electron chi connectivity index (χ4n) is 1.37. The fraction of sp³-hybridized carbons (Fsp3) is 0.167. The van der Waals surface area contributed by atoms with Crippen molar-refractivity contribution in [1.82, 2.24) is 9.97 Å².